The Bertz CT molecular complexity index is 382. The van der Waals surface area contributed by atoms with Crippen LogP contribution in [0, 0.1) is 5.82 Å². The molecule has 1 aromatic rings. The van der Waals surface area contributed by atoms with Crippen LogP contribution in [-0.4, -0.2) is 18.5 Å². The van der Waals surface area contributed by atoms with Crippen LogP contribution >= 0.6 is 24.0 Å². The standard InChI is InChI=1S/C13H20FN3.HI/c1-13(2,3)17-12(15-4)16-9-10-5-7-11(14)8-6-10;/h5-8H,9H2,1-4H3,(H2,15,16,17);1H. The van der Waals surface area contributed by atoms with Gasteiger partial charge in [0, 0.05) is 19.1 Å². The summed E-state index contributed by atoms with van der Waals surface area (Å²) in [6.45, 7) is 6.82. The number of hydrogen-bond donors (Lipinski definition) is 2. The zero-order valence-corrected chi connectivity index (χ0v) is 13.6. The van der Waals surface area contributed by atoms with E-state index in [4.69, 9.17) is 0 Å². The fourth-order valence-electron chi connectivity index (χ4n) is 1.32. The molecule has 0 radical (unpaired) electrons. The molecule has 3 nitrogen and oxygen atoms in total. The van der Waals surface area contributed by atoms with E-state index < -0.39 is 0 Å². The van der Waals surface area contributed by atoms with Crippen molar-refractivity contribution < 1.29 is 4.39 Å². The molecule has 18 heavy (non-hydrogen) atoms. The third kappa shape index (κ3) is 6.78. The number of hydrogen-bond acceptors (Lipinski definition) is 1. The first-order chi connectivity index (χ1) is 7.90. The fraction of sp³-hybridized carbons (Fsp3) is 0.462. The highest BCUT2D eigenvalue weighted by atomic mass is 127. The van der Waals surface area contributed by atoms with Gasteiger partial charge >= 0.3 is 0 Å². The van der Waals surface area contributed by atoms with Gasteiger partial charge in [0.2, 0.25) is 0 Å². The Labute approximate surface area is 125 Å². The Hall–Kier alpha value is -0.850. The summed E-state index contributed by atoms with van der Waals surface area (Å²) in [5.74, 6) is 0.521. The number of guanidine groups is 1. The largest absolute Gasteiger partial charge is 0.352 e. The van der Waals surface area contributed by atoms with Crippen LogP contribution in [0.2, 0.25) is 0 Å². The molecule has 0 bridgehead atoms. The molecule has 0 heterocycles. The van der Waals surface area contributed by atoms with Crippen molar-refractivity contribution in [2.24, 2.45) is 4.99 Å². The molecule has 0 aromatic heterocycles. The summed E-state index contributed by atoms with van der Waals surface area (Å²) in [5.41, 5.74) is 0.980. The molecule has 0 fully saturated rings. The molecule has 0 aliphatic heterocycles. The monoisotopic (exact) mass is 365 g/mol. The molecule has 0 saturated heterocycles. The number of rotatable bonds is 2. The maximum absolute atomic E-state index is 12.7. The molecule has 0 unspecified atom stereocenters. The summed E-state index contributed by atoms with van der Waals surface area (Å²) >= 11 is 0. The predicted octanol–water partition coefficient (Wildman–Crippen LogP) is 2.91. The molecule has 5 heteroatoms. The van der Waals surface area contributed by atoms with E-state index in [2.05, 4.69) is 36.4 Å². The van der Waals surface area contributed by atoms with Gasteiger partial charge in [-0.2, -0.15) is 0 Å². The molecular formula is C13H21FIN3. The summed E-state index contributed by atoms with van der Waals surface area (Å²) in [6, 6.07) is 6.42. The molecule has 0 saturated carbocycles. The molecule has 0 aliphatic rings. The van der Waals surface area contributed by atoms with Gasteiger partial charge in [-0.05, 0) is 38.5 Å². The summed E-state index contributed by atoms with van der Waals surface area (Å²) in [6.07, 6.45) is 0. The van der Waals surface area contributed by atoms with E-state index in [1.165, 1.54) is 12.1 Å². The van der Waals surface area contributed by atoms with Crippen LogP contribution in [0.15, 0.2) is 29.3 Å². The van der Waals surface area contributed by atoms with E-state index in [1.54, 1.807) is 19.2 Å². The maximum Gasteiger partial charge on any atom is 0.191 e. The van der Waals surface area contributed by atoms with Crippen molar-refractivity contribution >= 4 is 29.9 Å². The van der Waals surface area contributed by atoms with Crippen molar-refractivity contribution in [3.8, 4) is 0 Å². The molecule has 0 spiro atoms. The molecular weight excluding hydrogens is 344 g/mol. The minimum absolute atomic E-state index is 0. The third-order valence-electron chi connectivity index (χ3n) is 2.09. The average Bonchev–Trinajstić information content (AvgIpc) is 2.25. The van der Waals surface area contributed by atoms with E-state index in [0.717, 1.165) is 11.5 Å². The minimum Gasteiger partial charge on any atom is -0.352 e. The zero-order chi connectivity index (χ0) is 12.9. The lowest BCUT2D eigenvalue weighted by Gasteiger charge is -2.23. The molecule has 0 atom stereocenters. The highest BCUT2D eigenvalue weighted by Crippen LogP contribution is 2.02. The van der Waals surface area contributed by atoms with Crippen LogP contribution in [0.1, 0.15) is 26.3 Å². The highest BCUT2D eigenvalue weighted by molar-refractivity contribution is 14.0. The average molecular weight is 365 g/mol. The van der Waals surface area contributed by atoms with E-state index in [0.29, 0.717) is 6.54 Å². The Morgan fingerprint density at radius 1 is 1.22 bits per heavy atom. The normalized spacial score (nSPS) is 11.7. The van der Waals surface area contributed by atoms with Crippen molar-refractivity contribution in [2.75, 3.05) is 7.05 Å². The number of nitrogens with zero attached hydrogens (tertiary/aromatic N) is 1. The van der Waals surface area contributed by atoms with Crippen LogP contribution in [-0.2, 0) is 6.54 Å². The summed E-state index contributed by atoms with van der Waals surface area (Å²) in [7, 11) is 1.73. The first-order valence-electron chi connectivity index (χ1n) is 5.64. The molecule has 0 aliphatic carbocycles. The number of benzene rings is 1. The van der Waals surface area contributed by atoms with Gasteiger partial charge in [-0.25, -0.2) is 4.39 Å². The van der Waals surface area contributed by atoms with Gasteiger partial charge in [-0.3, -0.25) is 4.99 Å². The lowest BCUT2D eigenvalue weighted by molar-refractivity contribution is 0.501. The van der Waals surface area contributed by atoms with Crippen molar-refractivity contribution in [3.63, 3.8) is 0 Å². The van der Waals surface area contributed by atoms with Crippen molar-refractivity contribution in [3.05, 3.63) is 35.6 Å². The first-order valence-corrected chi connectivity index (χ1v) is 5.64. The predicted molar refractivity (Wildman–Crippen MR) is 84.9 cm³/mol. The summed E-state index contributed by atoms with van der Waals surface area (Å²) in [5, 5.41) is 6.43. The van der Waals surface area contributed by atoms with Gasteiger partial charge in [0.1, 0.15) is 5.82 Å². The van der Waals surface area contributed by atoms with Crippen LogP contribution in [0.5, 0.6) is 0 Å². The van der Waals surface area contributed by atoms with Gasteiger partial charge in [0.25, 0.3) is 0 Å². The fourth-order valence-corrected chi connectivity index (χ4v) is 1.32. The lowest BCUT2D eigenvalue weighted by atomic mass is 10.1. The number of aliphatic imine (C=N–C) groups is 1. The van der Waals surface area contributed by atoms with E-state index in [9.17, 15) is 4.39 Å². The van der Waals surface area contributed by atoms with Crippen molar-refractivity contribution in [1.82, 2.24) is 10.6 Å². The highest BCUT2D eigenvalue weighted by Gasteiger charge is 2.11. The van der Waals surface area contributed by atoms with E-state index in [1.807, 2.05) is 0 Å². The second-order valence-corrected chi connectivity index (χ2v) is 4.93. The smallest absolute Gasteiger partial charge is 0.191 e. The third-order valence-corrected chi connectivity index (χ3v) is 2.09. The van der Waals surface area contributed by atoms with Crippen molar-refractivity contribution in [1.29, 1.82) is 0 Å². The summed E-state index contributed by atoms with van der Waals surface area (Å²) < 4.78 is 12.7. The van der Waals surface area contributed by atoms with Gasteiger partial charge < -0.3 is 10.6 Å². The quantitative estimate of drug-likeness (QED) is 0.480. The second-order valence-electron chi connectivity index (χ2n) is 4.93. The molecule has 2 N–H and O–H groups in total. The minimum atomic E-state index is -0.217. The number of nitrogens with one attached hydrogen (secondary N) is 2. The Morgan fingerprint density at radius 3 is 2.22 bits per heavy atom. The van der Waals surface area contributed by atoms with E-state index in [-0.39, 0.29) is 35.3 Å². The van der Waals surface area contributed by atoms with Crippen molar-refractivity contribution in [2.45, 2.75) is 32.9 Å². The van der Waals surface area contributed by atoms with Gasteiger partial charge in [-0.1, -0.05) is 12.1 Å². The lowest BCUT2D eigenvalue weighted by Crippen LogP contribution is -2.47. The van der Waals surface area contributed by atoms with Crippen LogP contribution in [0.4, 0.5) is 4.39 Å². The molecule has 1 rings (SSSR count). The Morgan fingerprint density at radius 2 is 1.78 bits per heavy atom. The zero-order valence-electron chi connectivity index (χ0n) is 11.2. The van der Waals surface area contributed by atoms with E-state index >= 15 is 0 Å². The van der Waals surface area contributed by atoms with Gasteiger partial charge in [0.15, 0.2) is 5.96 Å². The van der Waals surface area contributed by atoms with Crippen LogP contribution in [0.3, 0.4) is 0 Å². The molecule has 1 aromatic carbocycles. The Kier molecular flexibility index (Phi) is 7.20. The number of halogens is 2. The van der Waals surface area contributed by atoms with Gasteiger partial charge in [0.05, 0.1) is 0 Å². The van der Waals surface area contributed by atoms with Crippen LogP contribution < -0.4 is 10.6 Å². The first kappa shape index (κ1) is 17.2. The molecule has 0 amide bonds. The second kappa shape index (κ2) is 7.56. The maximum atomic E-state index is 12.7. The van der Waals surface area contributed by atoms with Gasteiger partial charge in [-0.15, -0.1) is 24.0 Å². The van der Waals surface area contributed by atoms with Crippen LogP contribution in [0.25, 0.3) is 0 Å². The summed E-state index contributed by atoms with van der Waals surface area (Å²) in [4.78, 5) is 4.13. The molecule has 102 valence electrons. The SMILES string of the molecule is CN=C(NCc1ccc(F)cc1)NC(C)(C)C.I. The Balaban J connectivity index is 0.00000289. The topological polar surface area (TPSA) is 36.4 Å².